The number of hydrogen-bond donors (Lipinski definition) is 0. The van der Waals surface area contributed by atoms with Crippen molar-refractivity contribution in [3.63, 3.8) is 0 Å². The van der Waals surface area contributed by atoms with Gasteiger partial charge in [0.15, 0.2) is 0 Å². The molecule has 6 nitrogen and oxygen atoms in total. The molecule has 10 heteroatoms. The van der Waals surface area contributed by atoms with Gasteiger partial charge in [0, 0.05) is 44.8 Å². The fraction of sp³-hybridized carbons (Fsp3) is 0.562. The van der Waals surface area contributed by atoms with Crippen LogP contribution in [0.4, 0.5) is 13.2 Å². The fourth-order valence-corrected chi connectivity index (χ4v) is 4.89. The Morgan fingerprint density at radius 2 is 1.50 bits per heavy atom. The molecule has 1 aromatic carbocycles. The van der Waals surface area contributed by atoms with Gasteiger partial charge in [-0.3, -0.25) is 4.79 Å². The number of rotatable bonds is 3. The summed E-state index contributed by atoms with van der Waals surface area (Å²) in [5.41, 5.74) is -0.922. The number of carbonyl (C=O) groups is 1. The van der Waals surface area contributed by atoms with Crippen molar-refractivity contribution in [3.05, 3.63) is 35.4 Å². The van der Waals surface area contributed by atoms with Crippen LogP contribution in [-0.2, 0) is 16.4 Å². The number of piperazine rings is 1. The van der Waals surface area contributed by atoms with Crippen molar-refractivity contribution < 1.29 is 26.4 Å². The zero-order valence-corrected chi connectivity index (χ0v) is 14.9. The van der Waals surface area contributed by atoms with Gasteiger partial charge in [0.2, 0.25) is 0 Å². The smallest absolute Gasteiger partial charge is 0.336 e. The van der Waals surface area contributed by atoms with Crippen LogP contribution in [0.3, 0.4) is 0 Å². The predicted molar refractivity (Wildman–Crippen MR) is 88.6 cm³/mol. The van der Waals surface area contributed by atoms with E-state index in [2.05, 4.69) is 0 Å². The van der Waals surface area contributed by atoms with E-state index >= 15 is 0 Å². The van der Waals surface area contributed by atoms with Crippen molar-refractivity contribution in [1.29, 1.82) is 0 Å². The van der Waals surface area contributed by atoms with Crippen molar-refractivity contribution in [2.75, 3.05) is 39.3 Å². The third kappa shape index (κ3) is 3.86. The summed E-state index contributed by atoms with van der Waals surface area (Å²) in [5.74, 6) is -0.519. The Kier molecular flexibility index (Phi) is 5.27. The second kappa shape index (κ2) is 7.16. The van der Waals surface area contributed by atoms with Crippen LogP contribution in [0.2, 0.25) is 0 Å². The highest BCUT2D eigenvalue weighted by Crippen LogP contribution is 2.30. The van der Waals surface area contributed by atoms with Gasteiger partial charge in [-0.15, -0.1) is 0 Å². The van der Waals surface area contributed by atoms with E-state index in [0.29, 0.717) is 13.1 Å². The molecule has 0 atom stereocenters. The molecule has 2 saturated heterocycles. The summed E-state index contributed by atoms with van der Waals surface area (Å²) in [4.78, 5) is 13.9. The normalized spacial score (nSPS) is 20.5. The zero-order chi connectivity index (χ0) is 18.9. The van der Waals surface area contributed by atoms with Crippen LogP contribution in [0, 0.1) is 0 Å². The van der Waals surface area contributed by atoms with Crippen LogP contribution in [0.5, 0.6) is 0 Å². The third-order valence-corrected chi connectivity index (χ3v) is 6.72. The second-order valence-corrected chi connectivity index (χ2v) is 8.31. The Labute approximate surface area is 150 Å². The standard InChI is InChI=1S/C16H20F3N3O3S/c17-16(18,19)14-5-3-4-13(12-14)15(23)20-8-10-22(11-9-20)26(24,25)21-6-1-2-7-21/h3-5,12H,1-2,6-11H2. The Morgan fingerprint density at radius 1 is 0.923 bits per heavy atom. The molecule has 0 aromatic heterocycles. The van der Waals surface area contributed by atoms with Crippen molar-refractivity contribution in [2.24, 2.45) is 0 Å². The molecule has 0 spiro atoms. The maximum absolute atomic E-state index is 12.8. The number of hydrogen-bond acceptors (Lipinski definition) is 3. The summed E-state index contributed by atoms with van der Waals surface area (Å²) in [6.07, 6.45) is -2.83. The minimum atomic E-state index is -4.52. The Hall–Kier alpha value is -1.65. The molecule has 2 fully saturated rings. The quantitative estimate of drug-likeness (QED) is 0.790. The van der Waals surface area contributed by atoms with E-state index in [4.69, 9.17) is 0 Å². The largest absolute Gasteiger partial charge is 0.416 e. The lowest BCUT2D eigenvalue weighted by atomic mass is 10.1. The summed E-state index contributed by atoms with van der Waals surface area (Å²) in [7, 11) is -3.52. The number of benzene rings is 1. The maximum Gasteiger partial charge on any atom is 0.416 e. The minimum absolute atomic E-state index is 0.0457. The van der Waals surface area contributed by atoms with E-state index in [-0.39, 0.29) is 31.7 Å². The lowest BCUT2D eigenvalue weighted by Crippen LogP contribution is -2.53. The Morgan fingerprint density at radius 3 is 2.08 bits per heavy atom. The highest BCUT2D eigenvalue weighted by Gasteiger charge is 2.35. The van der Waals surface area contributed by atoms with Crippen LogP contribution >= 0.6 is 0 Å². The van der Waals surface area contributed by atoms with Gasteiger partial charge in [-0.1, -0.05) is 6.07 Å². The first-order valence-electron chi connectivity index (χ1n) is 8.41. The molecule has 0 bridgehead atoms. The molecule has 0 unspecified atom stereocenters. The van der Waals surface area contributed by atoms with Gasteiger partial charge < -0.3 is 4.90 Å². The first-order chi connectivity index (χ1) is 12.2. The second-order valence-electron chi connectivity index (χ2n) is 6.38. The minimum Gasteiger partial charge on any atom is -0.336 e. The molecule has 2 heterocycles. The molecule has 2 aliphatic heterocycles. The monoisotopic (exact) mass is 391 g/mol. The summed E-state index contributed by atoms with van der Waals surface area (Å²) >= 11 is 0. The molecular weight excluding hydrogens is 371 g/mol. The molecule has 1 aromatic rings. The van der Waals surface area contributed by atoms with E-state index in [9.17, 15) is 26.4 Å². The van der Waals surface area contributed by atoms with Gasteiger partial charge in [0.05, 0.1) is 5.56 Å². The first-order valence-corrected chi connectivity index (χ1v) is 9.81. The van der Waals surface area contributed by atoms with Gasteiger partial charge in [0.1, 0.15) is 0 Å². The van der Waals surface area contributed by atoms with Crippen molar-refractivity contribution in [2.45, 2.75) is 19.0 Å². The van der Waals surface area contributed by atoms with Gasteiger partial charge in [-0.25, -0.2) is 0 Å². The third-order valence-electron chi connectivity index (χ3n) is 4.68. The van der Waals surface area contributed by atoms with E-state index < -0.39 is 27.9 Å². The van der Waals surface area contributed by atoms with Gasteiger partial charge in [-0.2, -0.15) is 30.2 Å². The zero-order valence-electron chi connectivity index (χ0n) is 14.1. The Balaban J connectivity index is 1.65. The van der Waals surface area contributed by atoms with Crippen molar-refractivity contribution in [1.82, 2.24) is 13.5 Å². The number of halogens is 3. The van der Waals surface area contributed by atoms with Crippen molar-refractivity contribution in [3.8, 4) is 0 Å². The molecule has 0 radical (unpaired) electrons. The molecule has 0 aliphatic carbocycles. The highest BCUT2D eigenvalue weighted by molar-refractivity contribution is 7.86. The molecule has 26 heavy (non-hydrogen) atoms. The first kappa shape index (κ1) is 19.1. The van der Waals surface area contributed by atoms with Crippen LogP contribution in [0.1, 0.15) is 28.8 Å². The van der Waals surface area contributed by atoms with Gasteiger partial charge >= 0.3 is 6.18 Å². The summed E-state index contributed by atoms with van der Waals surface area (Å²) in [6.45, 7) is 1.61. The summed E-state index contributed by atoms with van der Waals surface area (Å²) in [6, 6.07) is 4.28. The lowest BCUT2D eigenvalue weighted by Gasteiger charge is -2.35. The molecule has 2 aliphatic rings. The van der Waals surface area contributed by atoms with E-state index in [0.717, 1.165) is 25.0 Å². The lowest BCUT2D eigenvalue weighted by molar-refractivity contribution is -0.137. The van der Waals surface area contributed by atoms with Gasteiger partial charge in [-0.05, 0) is 31.0 Å². The number of nitrogens with zero attached hydrogens (tertiary/aromatic N) is 3. The van der Waals surface area contributed by atoms with E-state index in [1.54, 1.807) is 0 Å². The number of carbonyl (C=O) groups excluding carboxylic acids is 1. The van der Waals surface area contributed by atoms with Crippen LogP contribution in [-0.4, -0.2) is 67.1 Å². The number of alkyl halides is 3. The summed E-state index contributed by atoms with van der Waals surface area (Å²) in [5, 5.41) is 0. The molecule has 144 valence electrons. The molecule has 0 N–H and O–H groups in total. The molecule has 3 rings (SSSR count). The molecule has 1 amide bonds. The van der Waals surface area contributed by atoms with Gasteiger partial charge in [0.25, 0.3) is 16.1 Å². The van der Waals surface area contributed by atoms with Crippen LogP contribution in [0.25, 0.3) is 0 Å². The average Bonchev–Trinajstić information content (AvgIpc) is 3.16. The molecule has 0 saturated carbocycles. The highest BCUT2D eigenvalue weighted by atomic mass is 32.2. The SMILES string of the molecule is O=C(c1cccc(C(F)(F)F)c1)N1CCN(S(=O)(=O)N2CCCC2)CC1. The topological polar surface area (TPSA) is 60.9 Å². The average molecular weight is 391 g/mol. The Bertz CT molecular complexity index is 768. The van der Waals surface area contributed by atoms with Crippen LogP contribution in [0.15, 0.2) is 24.3 Å². The predicted octanol–water partition coefficient (Wildman–Crippen LogP) is 1.80. The number of amides is 1. The fourth-order valence-electron chi connectivity index (χ4n) is 3.22. The van der Waals surface area contributed by atoms with E-state index in [1.807, 2.05) is 0 Å². The van der Waals surface area contributed by atoms with Crippen molar-refractivity contribution >= 4 is 16.1 Å². The molecular formula is C16H20F3N3O3S. The van der Waals surface area contributed by atoms with Crippen LogP contribution < -0.4 is 0 Å². The van der Waals surface area contributed by atoms with E-state index in [1.165, 1.54) is 25.6 Å². The summed E-state index contributed by atoms with van der Waals surface area (Å²) < 4.78 is 66.2. The maximum atomic E-state index is 12.8.